The van der Waals surface area contributed by atoms with Crippen LogP contribution in [-0.4, -0.2) is 0 Å². The van der Waals surface area contributed by atoms with Crippen LogP contribution in [0.25, 0.3) is 0 Å². The van der Waals surface area contributed by atoms with Crippen LogP contribution >= 0.6 is 15.9 Å². The summed E-state index contributed by atoms with van der Waals surface area (Å²) in [6, 6.07) is 11.5. The molecule has 0 saturated carbocycles. The third-order valence-electron chi connectivity index (χ3n) is 4.95. The molecule has 0 radical (unpaired) electrons. The van der Waals surface area contributed by atoms with Crippen molar-refractivity contribution < 1.29 is 13.2 Å². The van der Waals surface area contributed by atoms with Gasteiger partial charge in [0.15, 0.2) is 0 Å². The van der Waals surface area contributed by atoms with Gasteiger partial charge in [0.05, 0.1) is 17.3 Å². The quantitative estimate of drug-likeness (QED) is 0.561. The molecule has 0 unspecified atom stereocenters. The lowest BCUT2D eigenvalue weighted by Crippen LogP contribution is -2.31. The molecule has 0 spiro atoms. The number of nitrogens with one attached hydrogen (secondary N) is 1. The largest absolute Gasteiger partial charge is 0.416 e. The zero-order valence-corrected chi connectivity index (χ0v) is 14.2. The van der Waals surface area contributed by atoms with Gasteiger partial charge in [-0.05, 0) is 51.5 Å². The van der Waals surface area contributed by atoms with Crippen LogP contribution in [0.3, 0.4) is 0 Å². The molecule has 2 aromatic rings. The van der Waals surface area contributed by atoms with E-state index < -0.39 is 11.7 Å². The topological polar surface area (TPSA) is 12.0 Å². The lowest BCUT2D eigenvalue weighted by molar-refractivity contribution is -0.138. The maximum atomic E-state index is 13.5. The highest BCUT2D eigenvalue weighted by Crippen LogP contribution is 2.52. The summed E-state index contributed by atoms with van der Waals surface area (Å²) in [7, 11) is 0. The molecule has 2 aliphatic rings. The second kappa shape index (κ2) is 5.66. The Morgan fingerprint density at radius 3 is 2.54 bits per heavy atom. The number of alkyl halides is 3. The van der Waals surface area contributed by atoms with Gasteiger partial charge in [0.2, 0.25) is 0 Å². The van der Waals surface area contributed by atoms with Gasteiger partial charge in [-0.25, -0.2) is 0 Å². The van der Waals surface area contributed by atoms with Gasteiger partial charge in [-0.1, -0.05) is 42.5 Å². The van der Waals surface area contributed by atoms with Crippen LogP contribution in [0.4, 0.5) is 18.9 Å². The van der Waals surface area contributed by atoms with Crippen molar-refractivity contribution in [1.82, 2.24) is 0 Å². The Morgan fingerprint density at radius 2 is 1.75 bits per heavy atom. The maximum absolute atomic E-state index is 13.5. The Balaban J connectivity index is 1.85. The van der Waals surface area contributed by atoms with Crippen molar-refractivity contribution in [3.05, 3.63) is 75.8 Å². The second-order valence-electron chi connectivity index (χ2n) is 6.26. The van der Waals surface area contributed by atoms with E-state index in [0.717, 1.165) is 22.1 Å². The van der Waals surface area contributed by atoms with Crippen LogP contribution in [0.1, 0.15) is 35.1 Å². The average Bonchev–Trinajstić information content (AvgIpc) is 3.04. The Labute approximate surface area is 146 Å². The van der Waals surface area contributed by atoms with Crippen LogP contribution < -0.4 is 5.32 Å². The predicted molar refractivity (Wildman–Crippen MR) is 91.9 cm³/mol. The first-order chi connectivity index (χ1) is 11.5. The van der Waals surface area contributed by atoms with E-state index in [1.54, 1.807) is 12.1 Å². The molecule has 1 aliphatic heterocycles. The average molecular weight is 394 g/mol. The van der Waals surface area contributed by atoms with Gasteiger partial charge >= 0.3 is 6.18 Å². The minimum Gasteiger partial charge on any atom is -0.377 e. The van der Waals surface area contributed by atoms with Crippen LogP contribution in [0.2, 0.25) is 0 Å². The van der Waals surface area contributed by atoms with E-state index >= 15 is 0 Å². The first kappa shape index (κ1) is 15.8. The molecule has 4 rings (SSSR count). The number of para-hydroxylation sites is 1. The highest BCUT2D eigenvalue weighted by Gasteiger charge is 2.42. The lowest BCUT2D eigenvalue weighted by atomic mass is 9.76. The number of hydrogen-bond donors (Lipinski definition) is 1. The fraction of sp³-hybridized carbons (Fsp3) is 0.263. The molecule has 24 heavy (non-hydrogen) atoms. The normalized spacial score (nSPS) is 25.1. The number of anilines is 1. The van der Waals surface area contributed by atoms with Crippen molar-refractivity contribution in [2.75, 3.05) is 5.32 Å². The molecule has 0 amide bonds. The molecule has 5 heteroatoms. The molecule has 2 aromatic carbocycles. The summed E-state index contributed by atoms with van der Waals surface area (Å²) in [5.74, 6) is 0.236. The minimum atomic E-state index is -4.35. The summed E-state index contributed by atoms with van der Waals surface area (Å²) < 4.78 is 41.3. The minimum absolute atomic E-state index is 0.0929. The van der Waals surface area contributed by atoms with Crippen LogP contribution in [0.5, 0.6) is 0 Å². The molecule has 1 N–H and O–H groups in total. The standard InChI is InChI=1S/C19H15BrF3N/c20-16-10-4-8-13-11-6-3-7-12(11)17(24-18(13)16)14-5-1-2-9-15(14)19(21,22)23/h1-6,8-12,17,24H,7H2/t11-,12+,17-/m0/s1. The first-order valence-electron chi connectivity index (χ1n) is 7.84. The molecule has 0 saturated heterocycles. The van der Waals surface area contributed by atoms with E-state index in [2.05, 4.69) is 33.4 Å². The van der Waals surface area contributed by atoms with Crippen molar-refractivity contribution in [2.24, 2.45) is 5.92 Å². The smallest absolute Gasteiger partial charge is 0.377 e. The van der Waals surface area contributed by atoms with Gasteiger partial charge in [0, 0.05) is 10.4 Å². The van der Waals surface area contributed by atoms with Gasteiger partial charge in [0.1, 0.15) is 0 Å². The van der Waals surface area contributed by atoms with E-state index in [9.17, 15) is 13.2 Å². The SMILES string of the molecule is FC(F)(F)c1ccccc1[C@H]1Nc2c(Br)cccc2[C@H]2C=CC[C@H]21. The van der Waals surface area contributed by atoms with E-state index in [1.165, 1.54) is 12.1 Å². The molecule has 3 atom stereocenters. The zero-order valence-electron chi connectivity index (χ0n) is 12.6. The summed E-state index contributed by atoms with van der Waals surface area (Å²) in [5, 5.41) is 3.38. The number of halogens is 4. The van der Waals surface area contributed by atoms with Gasteiger partial charge < -0.3 is 5.32 Å². The van der Waals surface area contributed by atoms with Crippen molar-refractivity contribution >= 4 is 21.6 Å². The fourth-order valence-corrected chi connectivity index (χ4v) is 4.41. The van der Waals surface area contributed by atoms with E-state index in [-0.39, 0.29) is 17.9 Å². The lowest BCUT2D eigenvalue weighted by Gasteiger charge is -2.38. The summed E-state index contributed by atoms with van der Waals surface area (Å²) in [5.41, 5.74) is 1.81. The molecular weight excluding hydrogens is 379 g/mol. The van der Waals surface area contributed by atoms with Gasteiger partial charge in [-0.2, -0.15) is 13.2 Å². The van der Waals surface area contributed by atoms with Crippen molar-refractivity contribution in [3.63, 3.8) is 0 Å². The van der Waals surface area contributed by atoms with E-state index in [4.69, 9.17) is 0 Å². The molecule has 124 valence electrons. The molecular formula is C19H15BrF3N. The molecule has 0 bridgehead atoms. The van der Waals surface area contributed by atoms with Crippen LogP contribution in [-0.2, 0) is 6.18 Å². The molecule has 1 heterocycles. The number of fused-ring (bicyclic) bond motifs is 3. The zero-order chi connectivity index (χ0) is 16.9. The Bertz CT molecular complexity index is 812. The number of hydrogen-bond acceptors (Lipinski definition) is 1. The molecule has 1 aliphatic carbocycles. The number of allylic oxidation sites excluding steroid dienone is 2. The molecule has 0 fully saturated rings. The third kappa shape index (κ3) is 2.46. The first-order valence-corrected chi connectivity index (χ1v) is 8.64. The van der Waals surface area contributed by atoms with Crippen LogP contribution in [0, 0.1) is 5.92 Å². The monoisotopic (exact) mass is 393 g/mol. The number of rotatable bonds is 1. The van der Waals surface area contributed by atoms with Gasteiger partial charge in [-0.3, -0.25) is 0 Å². The van der Waals surface area contributed by atoms with E-state index in [0.29, 0.717) is 5.56 Å². The van der Waals surface area contributed by atoms with Gasteiger partial charge in [0.25, 0.3) is 0 Å². The number of benzene rings is 2. The summed E-state index contributed by atoms with van der Waals surface area (Å²) >= 11 is 3.53. The maximum Gasteiger partial charge on any atom is 0.416 e. The van der Waals surface area contributed by atoms with Crippen molar-refractivity contribution in [3.8, 4) is 0 Å². The highest BCUT2D eigenvalue weighted by molar-refractivity contribution is 9.10. The Morgan fingerprint density at radius 1 is 1.00 bits per heavy atom. The Kier molecular flexibility index (Phi) is 3.71. The summed E-state index contributed by atoms with van der Waals surface area (Å²) in [4.78, 5) is 0. The summed E-state index contributed by atoms with van der Waals surface area (Å²) in [6.07, 6.45) is 0.630. The van der Waals surface area contributed by atoms with Crippen molar-refractivity contribution in [2.45, 2.75) is 24.6 Å². The van der Waals surface area contributed by atoms with Gasteiger partial charge in [-0.15, -0.1) is 0 Å². The highest BCUT2D eigenvalue weighted by atomic mass is 79.9. The Hall–Kier alpha value is -1.75. The van der Waals surface area contributed by atoms with Crippen molar-refractivity contribution in [1.29, 1.82) is 0 Å². The molecule has 1 nitrogen and oxygen atoms in total. The second-order valence-corrected chi connectivity index (χ2v) is 7.12. The fourth-order valence-electron chi connectivity index (χ4n) is 3.92. The molecule has 0 aromatic heterocycles. The van der Waals surface area contributed by atoms with E-state index in [1.807, 2.05) is 18.2 Å². The third-order valence-corrected chi connectivity index (χ3v) is 5.61. The van der Waals surface area contributed by atoms with Crippen LogP contribution in [0.15, 0.2) is 59.1 Å². The predicted octanol–water partition coefficient (Wildman–Crippen LogP) is 6.29. The summed E-state index contributed by atoms with van der Waals surface area (Å²) in [6.45, 7) is 0.